The second-order valence-electron chi connectivity index (χ2n) is 8.27. The van der Waals surface area contributed by atoms with Gasteiger partial charge in [-0.3, -0.25) is 9.59 Å². The minimum atomic E-state index is -0.894. The van der Waals surface area contributed by atoms with Gasteiger partial charge >= 0.3 is 0 Å². The van der Waals surface area contributed by atoms with E-state index in [0.29, 0.717) is 12.3 Å². The van der Waals surface area contributed by atoms with E-state index in [-0.39, 0.29) is 35.9 Å². The fourth-order valence-corrected chi connectivity index (χ4v) is 4.24. The van der Waals surface area contributed by atoms with Crippen molar-refractivity contribution in [2.45, 2.75) is 40.0 Å². The molecule has 1 aromatic rings. The fraction of sp³-hybridized carbons (Fsp3) is 0.417. The summed E-state index contributed by atoms with van der Waals surface area (Å²) in [7, 11) is 0. The van der Waals surface area contributed by atoms with E-state index in [2.05, 4.69) is 23.0 Å². The smallest absolute Gasteiger partial charge is 0.247 e. The lowest BCUT2D eigenvalue weighted by molar-refractivity contribution is -0.133. The Kier molecular flexibility index (Phi) is 6.21. The Hall–Kier alpha value is -3.20. The predicted octanol–water partition coefficient (Wildman–Crippen LogP) is 3.58. The topological polar surface area (TPSA) is 85.6 Å². The number of hydrogen-bond donors (Lipinski definition) is 1. The number of aliphatic imine (C=N–C) groups is 1. The highest BCUT2D eigenvalue weighted by atomic mass is 16.2. The van der Waals surface area contributed by atoms with Crippen molar-refractivity contribution in [2.75, 3.05) is 6.54 Å². The minimum absolute atomic E-state index is 0.00432. The van der Waals surface area contributed by atoms with Gasteiger partial charge in [0.25, 0.3) is 0 Å². The molecule has 6 nitrogen and oxygen atoms in total. The standard InChI is InChI=1S/C24H28N4O2/c1-16-14-28(23(30)24(16,15-25)21-10-11-21)18(3)12-17(2)26-19(4)27-22(29)13-20-8-6-5-7-9-20/h5-9,12,16,21H,4,10-11,13-14H2,1-3H3,(H,27,29)/b18-12+,26-17-. The quantitative estimate of drug-likeness (QED) is 0.705. The third-order valence-corrected chi connectivity index (χ3v) is 5.89. The van der Waals surface area contributed by atoms with Gasteiger partial charge in [-0.15, -0.1) is 0 Å². The van der Waals surface area contributed by atoms with Crippen LogP contribution in [0.1, 0.15) is 39.2 Å². The number of carbonyl (C=O) groups is 2. The number of nitrogens with zero attached hydrogens (tertiary/aromatic N) is 3. The fourth-order valence-electron chi connectivity index (χ4n) is 4.24. The minimum Gasteiger partial charge on any atom is -0.315 e. The average Bonchev–Trinajstić information content (AvgIpc) is 3.49. The van der Waals surface area contributed by atoms with Crippen LogP contribution in [0.15, 0.2) is 59.5 Å². The number of nitriles is 1. The van der Waals surface area contributed by atoms with E-state index < -0.39 is 5.41 Å². The molecule has 0 radical (unpaired) electrons. The highest BCUT2D eigenvalue weighted by molar-refractivity contribution is 5.96. The average molecular weight is 405 g/mol. The summed E-state index contributed by atoms with van der Waals surface area (Å²) in [6.45, 7) is 9.96. The van der Waals surface area contributed by atoms with Crippen LogP contribution in [0.25, 0.3) is 0 Å². The summed E-state index contributed by atoms with van der Waals surface area (Å²) in [6.07, 6.45) is 3.94. The molecule has 1 aliphatic heterocycles. The first-order valence-electron chi connectivity index (χ1n) is 10.3. The maximum Gasteiger partial charge on any atom is 0.247 e. The van der Waals surface area contributed by atoms with Crippen LogP contribution in [0.5, 0.6) is 0 Å². The summed E-state index contributed by atoms with van der Waals surface area (Å²) in [5.41, 5.74) is 1.39. The predicted molar refractivity (Wildman–Crippen MR) is 116 cm³/mol. The van der Waals surface area contributed by atoms with E-state index in [1.54, 1.807) is 17.9 Å². The van der Waals surface area contributed by atoms with Gasteiger partial charge in [0, 0.05) is 23.9 Å². The van der Waals surface area contributed by atoms with Crippen LogP contribution < -0.4 is 5.32 Å². The Morgan fingerprint density at radius 1 is 1.37 bits per heavy atom. The molecule has 1 saturated carbocycles. The normalized spacial score (nSPS) is 24.5. The van der Waals surface area contributed by atoms with Crippen molar-refractivity contribution in [3.63, 3.8) is 0 Å². The van der Waals surface area contributed by atoms with Crippen molar-refractivity contribution < 1.29 is 9.59 Å². The van der Waals surface area contributed by atoms with Gasteiger partial charge in [0.05, 0.1) is 12.5 Å². The van der Waals surface area contributed by atoms with Crippen molar-refractivity contribution in [3.8, 4) is 6.07 Å². The molecule has 1 aliphatic carbocycles. The zero-order valence-electron chi connectivity index (χ0n) is 17.8. The zero-order valence-corrected chi connectivity index (χ0v) is 17.8. The van der Waals surface area contributed by atoms with Crippen LogP contribution in [0.3, 0.4) is 0 Å². The molecule has 2 amide bonds. The molecule has 1 aromatic carbocycles. The molecular formula is C24H28N4O2. The SMILES string of the molecule is C=C(/N=C(C)\C=C(/C)N1CC(C)C(C#N)(C2CC2)C1=O)NC(=O)Cc1ccccc1. The van der Waals surface area contributed by atoms with Crippen LogP contribution in [0.4, 0.5) is 0 Å². The second-order valence-corrected chi connectivity index (χ2v) is 8.27. The Balaban J connectivity index is 1.63. The molecule has 0 aromatic heterocycles. The molecule has 2 aliphatic rings. The molecule has 1 saturated heterocycles. The molecule has 2 unspecified atom stereocenters. The van der Waals surface area contributed by atoms with Gasteiger partial charge in [-0.2, -0.15) is 5.26 Å². The van der Waals surface area contributed by atoms with Crippen molar-refractivity contribution >= 4 is 17.5 Å². The van der Waals surface area contributed by atoms with Gasteiger partial charge in [-0.25, -0.2) is 4.99 Å². The molecule has 156 valence electrons. The van der Waals surface area contributed by atoms with Crippen LogP contribution >= 0.6 is 0 Å². The van der Waals surface area contributed by atoms with E-state index in [1.165, 1.54) is 0 Å². The Labute approximate surface area is 178 Å². The lowest BCUT2D eigenvalue weighted by Crippen LogP contribution is -2.36. The number of allylic oxidation sites excluding steroid dienone is 2. The largest absolute Gasteiger partial charge is 0.315 e. The molecule has 0 bridgehead atoms. The van der Waals surface area contributed by atoms with Gasteiger partial charge in [0.2, 0.25) is 11.8 Å². The molecule has 2 atom stereocenters. The monoisotopic (exact) mass is 404 g/mol. The third-order valence-electron chi connectivity index (χ3n) is 5.89. The van der Waals surface area contributed by atoms with Gasteiger partial charge in [0.15, 0.2) is 0 Å². The highest BCUT2D eigenvalue weighted by Crippen LogP contribution is 2.54. The maximum absolute atomic E-state index is 13.1. The van der Waals surface area contributed by atoms with Crippen molar-refractivity contribution in [1.82, 2.24) is 10.2 Å². The summed E-state index contributed by atoms with van der Waals surface area (Å²) in [5.74, 6) is 0.141. The van der Waals surface area contributed by atoms with Gasteiger partial charge < -0.3 is 10.2 Å². The summed E-state index contributed by atoms with van der Waals surface area (Å²) >= 11 is 0. The van der Waals surface area contributed by atoms with Crippen molar-refractivity contribution in [1.29, 1.82) is 5.26 Å². The Bertz CT molecular complexity index is 953. The van der Waals surface area contributed by atoms with E-state index in [0.717, 1.165) is 24.1 Å². The molecular weight excluding hydrogens is 376 g/mol. The molecule has 30 heavy (non-hydrogen) atoms. The number of benzene rings is 1. The van der Waals surface area contributed by atoms with Crippen molar-refractivity contribution in [2.24, 2.45) is 22.2 Å². The number of rotatable bonds is 7. The van der Waals surface area contributed by atoms with E-state index >= 15 is 0 Å². The first-order chi connectivity index (χ1) is 14.3. The third kappa shape index (κ3) is 4.35. The number of likely N-dealkylation sites (tertiary alicyclic amines) is 1. The lowest BCUT2D eigenvalue weighted by atomic mass is 9.75. The molecule has 3 rings (SSSR count). The van der Waals surface area contributed by atoms with E-state index in [1.807, 2.05) is 44.2 Å². The molecule has 0 spiro atoms. The van der Waals surface area contributed by atoms with Gasteiger partial charge in [-0.1, -0.05) is 43.8 Å². The van der Waals surface area contributed by atoms with Crippen LogP contribution in [0, 0.1) is 28.6 Å². The molecule has 2 fully saturated rings. The molecule has 1 N–H and O–H groups in total. The zero-order chi connectivity index (χ0) is 21.9. The van der Waals surface area contributed by atoms with E-state index in [9.17, 15) is 14.9 Å². The van der Waals surface area contributed by atoms with Gasteiger partial charge in [0.1, 0.15) is 11.2 Å². The van der Waals surface area contributed by atoms with Crippen LogP contribution in [-0.2, 0) is 16.0 Å². The summed E-state index contributed by atoms with van der Waals surface area (Å²) in [6, 6.07) is 11.8. The lowest BCUT2D eigenvalue weighted by Gasteiger charge is -2.23. The first-order valence-corrected chi connectivity index (χ1v) is 10.3. The highest BCUT2D eigenvalue weighted by Gasteiger charge is 2.60. The van der Waals surface area contributed by atoms with Crippen molar-refractivity contribution in [3.05, 3.63) is 60.1 Å². The number of nitrogens with one attached hydrogen (secondary N) is 1. The maximum atomic E-state index is 13.1. The van der Waals surface area contributed by atoms with Gasteiger partial charge in [-0.05, 0) is 44.2 Å². The summed E-state index contributed by atoms with van der Waals surface area (Å²) in [4.78, 5) is 31.2. The summed E-state index contributed by atoms with van der Waals surface area (Å²) in [5, 5.41) is 12.5. The summed E-state index contributed by atoms with van der Waals surface area (Å²) < 4.78 is 0. The first kappa shape index (κ1) is 21.5. The number of carbonyl (C=O) groups excluding carboxylic acids is 2. The Morgan fingerprint density at radius 2 is 2.03 bits per heavy atom. The van der Waals surface area contributed by atoms with Crippen LogP contribution in [-0.4, -0.2) is 29.0 Å². The van der Waals surface area contributed by atoms with E-state index in [4.69, 9.17) is 0 Å². The molecule has 1 heterocycles. The number of hydrogen-bond acceptors (Lipinski definition) is 4. The molecule has 6 heteroatoms. The van der Waals surface area contributed by atoms with Crippen LogP contribution in [0.2, 0.25) is 0 Å². The second kappa shape index (κ2) is 8.66. The Morgan fingerprint density at radius 3 is 2.63 bits per heavy atom. The number of amides is 2.